The highest BCUT2D eigenvalue weighted by Gasteiger charge is 2.16. The summed E-state index contributed by atoms with van der Waals surface area (Å²) in [5.74, 6) is -0.0401. The molecule has 1 amide bonds. The van der Waals surface area contributed by atoms with Crippen LogP contribution in [0.25, 0.3) is 10.6 Å². The van der Waals surface area contributed by atoms with Crippen LogP contribution >= 0.6 is 11.3 Å². The number of carbonyl (C=O) groups excluding carboxylic acids is 1. The third-order valence-corrected chi connectivity index (χ3v) is 6.18. The van der Waals surface area contributed by atoms with Crippen molar-refractivity contribution in [1.82, 2.24) is 9.88 Å². The smallest absolute Gasteiger partial charge is 0.230 e. The van der Waals surface area contributed by atoms with Gasteiger partial charge in [-0.15, -0.1) is 11.3 Å². The Labute approximate surface area is 176 Å². The van der Waals surface area contributed by atoms with Gasteiger partial charge in [0.15, 0.2) is 0 Å². The quantitative estimate of drug-likeness (QED) is 0.694. The number of aromatic nitrogens is 1. The second kappa shape index (κ2) is 8.76. The molecule has 0 bridgehead atoms. The molecule has 2 aromatic carbocycles. The molecular weight excluding hydrogens is 380 g/mol. The van der Waals surface area contributed by atoms with Gasteiger partial charge in [0.05, 0.1) is 12.1 Å². The predicted octanol–water partition coefficient (Wildman–Crippen LogP) is 4.05. The Morgan fingerprint density at radius 2 is 1.86 bits per heavy atom. The molecule has 3 aromatic rings. The van der Waals surface area contributed by atoms with Gasteiger partial charge in [-0.1, -0.05) is 30.3 Å². The number of nitrogens with zero attached hydrogens (tertiary/aromatic N) is 3. The molecule has 0 unspecified atom stereocenters. The minimum atomic E-state index is -0.0401. The summed E-state index contributed by atoms with van der Waals surface area (Å²) < 4.78 is 0. The van der Waals surface area contributed by atoms with Gasteiger partial charge in [-0.3, -0.25) is 4.79 Å². The van der Waals surface area contributed by atoms with Gasteiger partial charge in [0.25, 0.3) is 0 Å². The predicted molar refractivity (Wildman–Crippen MR) is 121 cm³/mol. The van der Waals surface area contributed by atoms with Gasteiger partial charge in [-0.05, 0) is 37.7 Å². The van der Waals surface area contributed by atoms with Crippen molar-refractivity contribution in [2.75, 3.05) is 43.4 Å². The largest absolute Gasteiger partial charge is 0.369 e. The lowest BCUT2D eigenvalue weighted by Gasteiger charge is -2.35. The topological polar surface area (TPSA) is 48.5 Å². The van der Waals surface area contributed by atoms with E-state index in [1.807, 2.05) is 41.8 Å². The molecule has 0 atom stereocenters. The van der Waals surface area contributed by atoms with Crippen LogP contribution in [0.3, 0.4) is 0 Å². The van der Waals surface area contributed by atoms with E-state index >= 15 is 0 Å². The number of rotatable bonds is 5. The zero-order valence-corrected chi connectivity index (χ0v) is 17.7. The summed E-state index contributed by atoms with van der Waals surface area (Å²) in [6.45, 7) is 6.34. The SMILES string of the molecule is Cc1cc(NC(=O)Cc2csc(-c3ccccc3)n2)ccc1N1CCN(C)CC1. The first-order valence-corrected chi connectivity index (χ1v) is 10.8. The highest BCUT2D eigenvalue weighted by Crippen LogP contribution is 2.26. The summed E-state index contributed by atoms with van der Waals surface area (Å²) in [6.07, 6.45) is 0.280. The van der Waals surface area contributed by atoms with Crippen molar-refractivity contribution in [2.24, 2.45) is 0 Å². The average molecular weight is 407 g/mol. The van der Waals surface area contributed by atoms with Crippen LogP contribution in [-0.4, -0.2) is 49.0 Å². The Kier molecular flexibility index (Phi) is 5.92. The normalized spacial score (nSPS) is 14.8. The molecule has 6 heteroatoms. The van der Waals surface area contributed by atoms with Crippen molar-refractivity contribution in [2.45, 2.75) is 13.3 Å². The first-order valence-electron chi connectivity index (χ1n) is 9.92. The molecule has 4 rings (SSSR count). The number of hydrogen-bond acceptors (Lipinski definition) is 5. The molecule has 1 aliphatic heterocycles. The molecule has 0 saturated carbocycles. The van der Waals surface area contributed by atoms with E-state index in [1.54, 1.807) is 11.3 Å². The van der Waals surface area contributed by atoms with E-state index in [9.17, 15) is 4.79 Å². The van der Waals surface area contributed by atoms with Crippen LogP contribution in [0, 0.1) is 6.92 Å². The van der Waals surface area contributed by atoms with Crippen LogP contribution in [-0.2, 0) is 11.2 Å². The fourth-order valence-electron chi connectivity index (χ4n) is 3.61. The molecule has 150 valence electrons. The molecule has 0 radical (unpaired) electrons. The van der Waals surface area contributed by atoms with Gasteiger partial charge < -0.3 is 15.1 Å². The molecule has 5 nitrogen and oxygen atoms in total. The number of amides is 1. The molecule has 2 heterocycles. The van der Waals surface area contributed by atoms with Crippen molar-refractivity contribution in [3.8, 4) is 10.6 Å². The van der Waals surface area contributed by atoms with Gasteiger partial charge in [-0.25, -0.2) is 4.98 Å². The van der Waals surface area contributed by atoms with Gasteiger partial charge in [0, 0.05) is 48.5 Å². The van der Waals surface area contributed by atoms with E-state index in [4.69, 9.17) is 0 Å². The molecule has 0 spiro atoms. The van der Waals surface area contributed by atoms with E-state index in [1.165, 1.54) is 11.3 Å². The number of likely N-dealkylation sites (N-methyl/N-ethyl adjacent to an activating group) is 1. The third-order valence-electron chi connectivity index (χ3n) is 5.24. The lowest BCUT2D eigenvalue weighted by molar-refractivity contribution is -0.115. The standard InChI is InChI=1S/C23H26N4OS/c1-17-14-19(8-9-21(17)27-12-10-26(2)11-13-27)24-22(28)15-20-16-29-23(25-20)18-6-4-3-5-7-18/h3-9,14,16H,10-13,15H2,1-2H3,(H,24,28). The Balaban J connectivity index is 1.37. The van der Waals surface area contributed by atoms with Gasteiger partial charge in [0.2, 0.25) is 5.91 Å². The van der Waals surface area contributed by atoms with E-state index in [2.05, 4.69) is 46.2 Å². The number of piperazine rings is 1. The van der Waals surface area contributed by atoms with Crippen LogP contribution in [0.2, 0.25) is 0 Å². The summed E-state index contributed by atoms with van der Waals surface area (Å²) in [7, 11) is 2.16. The van der Waals surface area contributed by atoms with Crippen molar-refractivity contribution >= 4 is 28.6 Å². The van der Waals surface area contributed by atoms with Crippen molar-refractivity contribution in [3.63, 3.8) is 0 Å². The molecule has 1 fully saturated rings. The van der Waals surface area contributed by atoms with Gasteiger partial charge in [-0.2, -0.15) is 0 Å². The summed E-state index contributed by atoms with van der Waals surface area (Å²) in [5.41, 5.74) is 5.16. The Bertz CT molecular complexity index is 978. The minimum absolute atomic E-state index is 0.0401. The maximum atomic E-state index is 12.5. The lowest BCUT2D eigenvalue weighted by atomic mass is 10.1. The van der Waals surface area contributed by atoms with Crippen LogP contribution in [0.5, 0.6) is 0 Å². The van der Waals surface area contributed by atoms with E-state index in [-0.39, 0.29) is 12.3 Å². The average Bonchev–Trinajstić information content (AvgIpc) is 3.18. The van der Waals surface area contributed by atoms with Crippen molar-refractivity contribution in [3.05, 3.63) is 65.2 Å². The zero-order valence-electron chi connectivity index (χ0n) is 16.9. The highest BCUT2D eigenvalue weighted by atomic mass is 32.1. The Morgan fingerprint density at radius 3 is 2.59 bits per heavy atom. The lowest BCUT2D eigenvalue weighted by Crippen LogP contribution is -2.44. The third kappa shape index (κ3) is 4.83. The molecule has 0 aliphatic carbocycles. The molecular formula is C23H26N4OS. The summed E-state index contributed by atoms with van der Waals surface area (Å²) in [6, 6.07) is 16.2. The first-order chi connectivity index (χ1) is 14.1. The molecule has 1 saturated heterocycles. The summed E-state index contributed by atoms with van der Waals surface area (Å²) in [5, 5.41) is 5.92. The first kappa shape index (κ1) is 19.6. The fourth-order valence-corrected chi connectivity index (χ4v) is 4.43. The maximum absolute atomic E-state index is 12.5. The molecule has 1 aromatic heterocycles. The summed E-state index contributed by atoms with van der Waals surface area (Å²) in [4.78, 5) is 21.9. The summed E-state index contributed by atoms with van der Waals surface area (Å²) >= 11 is 1.57. The van der Waals surface area contributed by atoms with Gasteiger partial charge in [0.1, 0.15) is 5.01 Å². The highest BCUT2D eigenvalue weighted by molar-refractivity contribution is 7.13. The Morgan fingerprint density at radius 1 is 1.10 bits per heavy atom. The number of thiazole rings is 1. The zero-order chi connectivity index (χ0) is 20.2. The number of hydrogen-bond donors (Lipinski definition) is 1. The monoisotopic (exact) mass is 406 g/mol. The van der Waals surface area contributed by atoms with E-state index in [0.717, 1.165) is 48.1 Å². The van der Waals surface area contributed by atoms with Gasteiger partial charge >= 0.3 is 0 Å². The molecule has 1 N–H and O–H groups in total. The van der Waals surface area contributed by atoms with Crippen LogP contribution in [0.15, 0.2) is 53.9 Å². The number of nitrogens with one attached hydrogen (secondary N) is 1. The van der Waals surface area contributed by atoms with Crippen molar-refractivity contribution in [1.29, 1.82) is 0 Å². The van der Waals surface area contributed by atoms with Crippen LogP contribution in [0.1, 0.15) is 11.3 Å². The Hall–Kier alpha value is -2.70. The minimum Gasteiger partial charge on any atom is -0.369 e. The molecule has 1 aliphatic rings. The fraction of sp³-hybridized carbons (Fsp3) is 0.304. The van der Waals surface area contributed by atoms with Crippen LogP contribution in [0.4, 0.5) is 11.4 Å². The number of anilines is 2. The van der Waals surface area contributed by atoms with E-state index in [0.29, 0.717) is 0 Å². The second-order valence-electron chi connectivity index (χ2n) is 7.53. The second-order valence-corrected chi connectivity index (χ2v) is 8.38. The van der Waals surface area contributed by atoms with Crippen molar-refractivity contribution < 1.29 is 4.79 Å². The maximum Gasteiger partial charge on any atom is 0.230 e. The number of aryl methyl sites for hydroxylation is 1. The van der Waals surface area contributed by atoms with E-state index < -0.39 is 0 Å². The number of carbonyl (C=O) groups is 1. The number of benzene rings is 2. The van der Waals surface area contributed by atoms with Crippen LogP contribution < -0.4 is 10.2 Å². The molecule has 29 heavy (non-hydrogen) atoms.